The van der Waals surface area contributed by atoms with Crippen molar-refractivity contribution in [3.8, 4) is 56.4 Å². The molecule has 0 bridgehead atoms. The normalized spacial score (nSPS) is 15.5. The molecule has 0 N–H and O–H groups in total. The Kier molecular flexibility index (Phi) is 9.14. The van der Waals surface area contributed by atoms with Gasteiger partial charge in [-0.05, 0) is 103 Å². The van der Waals surface area contributed by atoms with Crippen molar-refractivity contribution in [1.82, 2.24) is 19.9 Å². The summed E-state index contributed by atoms with van der Waals surface area (Å²) in [5, 5.41) is 0. The molecule has 284 valence electrons. The lowest BCUT2D eigenvalue weighted by atomic mass is 9.84. The van der Waals surface area contributed by atoms with E-state index in [1.165, 1.54) is 55.8 Å². The summed E-state index contributed by atoms with van der Waals surface area (Å²) in [4.78, 5) is 22.6. The lowest BCUT2D eigenvalue weighted by molar-refractivity contribution is 0.747. The van der Waals surface area contributed by atoms with E-state index in [0.29, 0.717) is 17.5 Å². The minimum absolute atomic E-state index is 0.0147. The van der Waals surface area contributed by atoms with Gasteiger partial charge in [-0.15, -0.1) is 0 Å². The van der Waals surface area contributed by atoms with Gasteiger partial charge in [-0.1, -0.05) is 145 Å². The second-order valence-electron chi connectivity index (χ2n) is 15.8. The molecule has 2 unspecified atom stereocenters. The summed E-state index contributed by atoms with van der Waals surface area (Å²) in [6, 6.07) is 51.7. The van der Waals surface area contributed by atoms with Gasteiger partial charge in [-0.3, -0.25) is 4.98 Å². The summed E-state index contributed by atoms with van der Waals surface area (Å²) < 4.78 is 0. The van der Waals surface area contributed by atoms with Crippen LogP contribution >= 0.6 is 0 Å². The number of rotatable bonds is 7. The molecular formula is C54H43N5. The van der Waals surface area contributed by atoms with E-state index in [-0.39, 0.29) is 12.0 Å². The van der Waals surface area contributed by atoms with Crippen LogP contribution in [0.5, 0.6) is 0 Å². The van der Waals surface area contributed by atoms with Gasteiger partial charge < -0.3 is 4.90 Å². The molecular weight excluding hydrogens is 719 g/mol. The maximum absolute atomic E-state index is 5.27. The van der Waals surface area contributed by atoms with Crippen LogP contribution in [0, 0.1) is 27.7 Å². The zero-order chi connectivity index (χ0) is 40.0. The smallest absolute Gasteiger partial charge is 0.166 e. The van der Waals surface area contributed by atoms with Crippen LogP contribution in [0.4, 0.5) is 11.4 Å². The highest BCUT2D eigenvalue weighted by molar-refractivity contribution is 5.91. The van der Waals surface area contributed by atoms with Gasteiger partial charge in [0, 0.05) is 46.3 Å². The van der Waals surface area contributed by atoms with Crippen molar-refractivity contribution >= 4 is 16.9 Å². The summed E-state index contributed by atoms with van der Waals surface area (Å²) in [6.07, 6.45) is 10.9. The molecule has 2 aliphatic rings. The number of pyridine rings is 1. The zero-order valence-corrected chi connectivity index (χ0v) is 33.6. The van der Waals surface area contributed by atoms with Crippen molar-refractivity contribution in [2.75, 3.05) is 4.90 Å². The molecule has 2 atom stereocenters. The van der Waals surface area contributed by atoms with Gasteiger partial charge in [0.05, 0.1) is 11.7 Å². The molecule has 0 amide bonds. The van der Waals surface area contributed by atoms with Gasteiger partial charge in [0.1, 0.15) is 0 Å². The molecule has 59 heavy (non-hydrogen) atoms. The van der Waals surface area contributed by atoms with Crippen LogP contribution in [0.3, 0.4) is 0 Å². The molecule has 6 aromatic carbocycles. The van der Waals surface area contributed by atoms with E-state index in [2.05, 4.69) is 159 Å². The number of allylic oxidation sites excluding steroid dienone is 2. The number of anilines is 2. The van der Waals surface area contributed by atoms with E-state index in [1.807, 2.05) is 54.9 Å². The van der Waals surface area contributed by atoms with Crippen molar-refractivity contribution in [3.63, 3.8) is 0 Å². The van der Waals surface area contributed by atoms with Gasteiger partial charge in [-0.25, -0.2) is 15.0 Å². The third kappa shape index (κ3) is 6.75. The molecule has 1 aliphatic heterocycles. The SMILES string of the molecule is Cc1ccc(C2=CC3c4cc(-c5ccc(C)cc5C)ccc4N(c4ccc(-c5cccnc5)cc4-c4nc(-c5ccccc5)nc(-c5ccccc5)n4)C3C=C2)c(C)c1. The topological polar surface area (TPSA) is 54.8 Å². The van der Waals surface area contributed by atoms with Crippen LogP contribution in [-0.4, -0.2) is 26.0 Å². The fraction of sp³-hybridized carbons (Fsp3) is 0.111. The molecule has 5 heteroatoms. The van der Waals surface area contributed by atoms with Crippen molar-refractivity contribution in [3.05, 3.63) is 210 Å². The highest BCUT2D eigenvalue weighted by Gasteiger charge is 2.40. The summed E-state index contributed by atoms with van der Waals surface area (Å²) in [5.74, 6) is 1.97. The first-order chi connectivity index (χ1) is 28.9. The van der Waals surface area contributed by atoms with E-state index >= 15 is 0 Å². The van der Waals surface area contributed by atoms with E-state index in [1.54, 1.807) is 0 Å². The Morgan fingerprint density at radius 1 is 0.475 bits per heavy atom. The van der Waals surface area contributed by atoms with E-state index in [0.717, 1.165) is 33.5 Å². The summed E-state index contributed by atoms with van der Waals surface area (Å²) >= 11 is 0. The van der Waals surface area contributed by atoms with Gasteiger partial charge in [0.15, 0.2) is 17.5 Å². The first-order valence-electron chi connectivity index (χ1n) is 20.3. The highest BCUT2D eigenvalue weighted by Crippen LogP contribution is 2.52. The Balaban J connectivity index is 1.20. The van der Waals surface area contributed by atoms with Crippen LogP contribution in [0.1, 0.15) is 39.3 Å². The average Bonchev–Trinajstić information content (AvgIpc) is 3.59. The van der Waals surface area contributed by atoms with Crippen molar-refractivity contribution in [1.29, 1.82) is 0 Å². The Morgan fingerprint density at radius 3 is 1.73 bits per heavy atom. The Labute approximate surface area is 346 Å². The van der Waals surface area contributed by atoms with Gasteiger partial charge in [0.2, 0.25) is 0 Å². The fourth-order valence-electron chi connectivity index (χ4n) is 8.87. The van der Waals surface area contributed by atoms with Gasteiger partial charge in [0.25, 0.3) is 0 Å². The number of nitrogens with zero attached hydrogens (tertiary/aromatic N) is 5. The highest BCUT2D eigenvalue weighted by atomic mass is 15.2. The molecule has 3 heterocycles. The Hall–Kier alpha value is -7.24. The maximum atomic E-state index is 5.27. The summed E-state index contributed by atoms with van der Waals surface area (Å²) in [7, 11) is 0. The maximum Gasteiger partial charge on any atom is 0.166 e. The van der Waals surface area contributed by atoms with Crippen molar-refractivity contribution in [2.45, 2.75) is 39.7 Å². The fourth-order valence-corrected chi connectivity index (χ4v) is 8.87. The third-order valence-electron chi connectivity index (χ3n) is 11.7. The minimum atomic E-state index is 0.0147. The van der Waals surface area contributed by atoms with E-state index in [9.17, 15) is 0 Å². The van der Waals surface area contributed by atoms with Gasteiger partial charge in [-0.2, -0.15) is 0 Å². The lowest BCUT2D eigenvalue weighted by Crippen LogP contribution is -2.29. The summed E-state index contributed by atoms with van der Waals surface area (Å²) in [5.41, 5.74) is 18.4. The molecule has 0 saturated carbocycles. The van der Waals surface area contributed by atoms with Crippen LogP contribution in [0.15, 0.2) is 176 Å². The average molecular weight is 762 g/mol. The largest absolute Gasteiger partial charge is 0.333 e. The molecule has 0 radical (unpaired) electrons. The first-order valence-corrected chi connectivity index (χ1v) is 20.3. The second kappa shape index (κ2) is 14.9. The number of benzene rings is 6. The molecule has 2 aromatic heterocycles. The summed E-state index contributed by atoms with van der Waals surface area (Å²) in [6.45, 7) is 8.75. The second-order valence-corrected chi connectivity index (χ2v) is 15.8. The predicted octanol–water partition coefficient (Wildman–Crippen LogP) is 13.1. The van der Waals surface area contributed by atoms with E-state index < -0.39 is 0 Å². The number of fused-ring (bicyclic) bond motifs is 3. The molecule has 8 aromatic rings. The predicted molar refractivity (Wildman–Crippen MR) is 242 cm³/mol. The Bertz CT molecular complexity index is 2880. The quantitative estimate of drug-likeness (QED) is 0.162. The molecule has 1 aliphatic carbocycles. The molecule has 10 rings (SSSR count). The number of hydrogen-bond donors (Lipinski definition) is 0. The zero-order valence-electron chi connectivity index (χ0n) is 33.6. The first kappa shape index (κ1) is 36.1. The minimum Gasteiger partial charge on any atom is -0.333 e. The van der Waals surface area contributed by atoms with E-state index in [4.69, 9.17) is 15.0 Å². The monoisotopic (exact) mass is 761 g/mol. The van der Waals surface area contributed by atoms with Crippen molar-refractivity contribution in [2.24, 2.45) is 0 Å². The number of aryl methyl sites for hydroxylation is 4. The number of hydrogen-bond acceptors (Lipinski definition) is 5. The van der Waals surface area contributed by atoms with Crippen LogP contribution in [-0.2, 0) is 0 Å². The molecule has 0 spiro atoms. The molecule has 0 fully saturated rings. The molecule has 0 saturated heterocycles. The van der Waals surface area contributed by atoms with Crippen LogP contribution in [0.25, 0.3) is 62.0 Å². The van der Waals surface area contributed by atoms with Crippen LogP contribution in [0.2, 0.25) is 0 Å². The third-order valence-corrected chi connectivity index (χ3v) is 11.7. The van der Waals surface area contributed by atoms with Crippen LogP contribution < -0.4 is 4.90 Å². The Morgan fingerprint density at radius 2 is 1.08 bits per heavy atom. The molecule has 5 nitrogen and oxygen atoms in total. The van der Waals surface area contributed by atoms with Crippen molar-refractivity contribution < 1.29 is 0 Å². The standard InChI is InChI=1S/C54H43N5/c1-34-17-22-44(36(3)28-34)41-20-25-49-46(31-41)47-32-42(45-23-18-35(2)29-37(45)4)21-26-50(47)59(49)51-24-19-40(43-16-11-27-55-33-43)30-48(51)54-57-52(38-12-7-5-8-13-38)56-53(58-54)39-14-9-6-10-15-39/h5-33,46,49H,1-4H3. The van der Waals surface area contributed by atoms with Gasteiger partial charge >= 0.3 is 0 Å². The number of aromatic nitrogens is 4. The lowest BCUT2D eigenvalue weighted by Gasteiger charge is -2.31.